The number of esters is 1. The number of fused-ring (bicyclic) bond motifs is 3. The molecule has 1 unspecified atom stereocenters. The maximum absolute atomic E-state index is 14.2. The molecule has 152 valence electrons. The molecule has 1 aliphatic heterocycles. The highest BCUT2D eigenvalue weighted by atomic mass is 19.4. The van der Waals surface area contributed by atoms with Crippen LogP contribution in [0.15, 0.2) is 60.7 Å². The molecule has 0 saturated heterocycles. The van der Waals surface area contributed by atoms with E-state index in [0.29, 0.717) is 10.8 Å². The molecule has 3 aromatic rings. The molecule has 7 nitrogen and oxygen atoms in total. The molecule has 4 rings (SSSR count). The number of benzene rings is 3. The number of hydrogen-bond donors (Lipinski definition) is 1. The summed E-state index contributed by atoms with van der Waals surface area (Å²) >= 11 is 0. The number of nitro groups is 1. The van der Waals surface area contributed by atoms with Crippen LogP contribution in [-0.4, -0.2) is 23.0 Å². The average Bonchev–Trinajstić information content (AvgIpc) is 3.00. The molecule has 1 atom stereocenters. The van der Waals surface area contributed by atoms with E-state index in [1.165, 1.54) is 6.07 Å². The number of nitrogens with zero attached hydrogens (tertiary/aromatic N) is 1. The van der Waals surface area contributed by atoms with Crippen LogP contribution >= 0.6 is 0 Å². The van der Waals surface area contributed by atoms with Crippen LogP contribution in [0.3, 0.4) is 0 Å². The Morgan fingerprint density at radius 1 is 1.03 bits per heavy atom. The summed E-state index contributed by atoms with van der Waals surface area (Å²) in [4.78, 5) is 35.0. The Labute approximate surface area is 166 Å². The first-order valence-corrected chi connectivity index (χ1v) is 8.53. The minimum Gasteiger partial charge on any atom is -0.430 e. The van der Waals surface area contributed by atoms with Crippen molar-refractivity contribution in [1.29, 1.82) is 0 Å². The molecule has 1 amide bonds. The Kier molecular flexibility index (Phi) is 4.23. The first-order chi connectivity index (χ1) is 14.1. The van der Waals surface area contributed by atoms with E-state index in [-0.39, 0.29) is 16.9 Å². The number of alkyl halides is 3. The lowest BCUT2D eigenvalue weighted by molar-refractivity contribution is -0.384. The molecule has 1 aliphatic rings. The number of nitro benzene ring substituents is 1. The van der Waals surface area contributed by atoms with Crippen molar-refractivity contribution in [3.63, 3.8) is 0 Å². The van der Waals surface area contributed by atoms with Crippen LogP contribution in [0.5, 0.6) is 0 Å². The van der Waals surface area contributed by atoms with Gasteiger partial charge in [-0.2, -0.15) is 13.2 Å². The lowest BCUT2D eigenvalue weighted by Gasteiger charge is -2.29. The van der Waals surface area contributed by atoms with Crippen molar-refractivity contribution >= 4 is 34.0 Å². The summed E-state index contributed by atoms with van der Waals surface area (Å²) in [6.07, 6.45) is -5.26. The van der Waals surface area contributed by atoms with Gasteiger partial charge in [0.15, 0.2) is 0 Å². The van der Waals surface area contributed by atoms with Crippen LogP contribution in [0.2, 0.25) is 0 Å². The van der Waals surface area contributed by atoms with Crippen molar-refractivity contribution in [3.8, 4) is 0 Å². The molecule has 0 saturated carbocycles. The summed E-state index contributed by atoms with van der Waals surface area (Å²) in [7, 11) is 0. The van der Waals surface area contributed by atoms with Crippen LogP contribution in [0.25, 0.3) is 10.8 Å². The number of anilines is 1. The fourth-order valence-electron chi connectivity index (χ4n) is 3.38. The van der Waals surface area contributed by atoms with Crippen LogP contribution in [0, 0.1) is 10.1 Å². The summed E-state index contributed by atoms with van der Waals surface area (Å²) in [5, 5.41) is 13.9. The van der Waals surface area contributed by atoms with Crippen molar-refractivity contribution < 1.29 is 32.4 Å². The minimum atomic E-state index is -5.26. The zero-order chi connectivity index (χ0) is 21.7. The number of halogens is 3. The smallest absolute Gasteiger partial charge is 0.430 e. The molecule has 0 aliphatic carbocycles. The summed E-state index contributed by atoms with van der Waals surface area (Å²) in [6.45, 7) is 0. The van der Waals surface area contributed by atoms with Gasteiger partial charge in [0.05, 0.1) is 16.2 Å². The van der Waals surface area contributed by atoms with E-state index in [9.17, 15) is 32.9 Å². The van der Waals surface area contributed by atoms with Crippen LogP contribution in [-0.2, 0) is 15.1 Å². The first-order valence-electron chi connectivity index (χ1n) is 8.53. The van der Waals surface area contributed by atoms with E-state index >= 15 is 0 Å². The first kappa shape index (κ1) is 19.4. The van der Waals surface area contributed by atoms with Crippen molar-refractivity contribution in [2.45, 2.75) is 11.8 Å². The molecule has 0 bridgehead atoms. The lowest BCUT2D eigenvalue weighted by Crippen LogP contribution is -2.51. The topological polar surface area (TPSA) is 98.5 Å². The van der Waals surface area contributed by atoms with Crippen LogP contribution in [0.4, 0.5) is 24.5 Å². The molecule has 0 radical (unpaired) electrons. The van der Waals surface area contributed by atoms with Gasteiger partial charge in [-0.3, -0.25) is 14.9 Å². The quantitative estimate of drug-likeness (QED) is 0.390. The fourth-order valence-corrected chi connectivity index (χ4v) is 3.38. The Hall–Kier alpha value is -3.95. The van der Waals surface area contributed by atoms with E-state index in [1.54, 1.807) is 24.3 Å². The van der Waals surface area contributed by atoms with Gasteiger partial charge in [-0.05, 0) is 17.5 Å². The Morgan fingerprint density at radius 3 is 2.33 bits per heavy atom. The molecule has 0 spiro atoms. The number of rotatable bonds is 3. The molecule has 3 aromatic carbocycles. The second kappa shape index (κ2) is 6.55. The highest BCUT2D eigenvalue weighted by Crippen LogP contribution is 2.51. The maximum atomic E-state index is 14.2. The SMILES string of the molecule is O=C(OC1(C(F)(F)F)C(=O)Nc2c1ccc1ccccc21)c1ccc([N+](=O)[O-])cc1. The van der Waals surface area contributed by atoms with Crippen molar-refractivity contribution in [2.75, 3.05) is 5.32 Å². The van der Waals surface area contributed by atoms with Crippen LogP contribution < -0.4 is 5.32 Å². The predicted molar refractivity (Wildman–Crippen MR) is 98.8 cm³/mol. The third-order valence-electron chi connectivity index (χ3n) is 4.83. The molecule has 0 fully saturated rings. The largest absolute Gasteiger partial charge is 0.442 e. The number of carbonyl (C=O) groups excluding carboxylic acids is 2. The van der Waals surface area contributed by atoms with Gasteiger partial charge in [-0.1, -0.05) is 36.4 Å². The summed E-state index contributed by atoms with van der Waals surface area (Å²) in [5.41, 5.74) is -4.90. The van der Waals surface area contributed by atoms with Crippen molar-refractivity contribution in [3.05, 3.63) is 81.9 Å². The standard InChI is InChI=1S/C20H11F3N2O5/c21-20(22,23)19(30-17(26)12-5-8-13(9-6-12)25(28)29)15-10-7-11-3-1-2-4-14(11)16(15)24-18(19)27/h1-10H,(H,24,27). The van der Waals surface area contributed by atoms with Gasteiger partial charge in [0.25, 0.3) is 11.6 Å². The zero-order valence-corrected chi connectivity index (χ0v) is 14.9. The maximum Gasteiger partial charge on any atom is 0.442 e. The zero-order valence-electron chi connectivity index (χ0n) is 14.9. The lowest BCUT2D eigenvalue weighted by atomic mass is 9.92. The predicted octanol–water partition coefficient (Wildman–Crippen LogP) is 4.31. The van der Waals surface area contributed by atoms with E-state index in [4.69, 9.17) is 4.74 Å². The number of carbonyl (C=O) groups is 2. The minimum absolute atomic E-state index is 0.0908. The van der Waals surface area contributed by atoms with E-state index in [2.05, 4.69) is 5.32 Å². The third-order valence-corrected chi connectivity index (χ3v) is 4.83. The summed E-state index contributed by atoms with van der Waals surface area (Å²) < 4.78 is 47.3. The van der Waals surface area contributed by atoms with E-state index in [1.807, 2.05) is 0 Å². The van der Waals surface area contributed by atoms with Crippen LogP contribution in [0.1, 0.15) is 15.9 Å². The third kappa shape index (κ3) is 2.76. The summed E-state index contributed by atoms with van der Waals surface area (Å²) in [5.74, 6) is -2.99. The highest BCUT2D eigenvalue weighted by molar-refractivity contribution is 6.14. The van der Waals surface area contributed by atoms with Gasteiger partial charge in [0, 0.05) is 23.1 Å². The van der Waals surface area contributed by atoms with Gasteiger partial charge in [0.1, 0.15) is 0 Å². The van der Waals surface area contributed by atoms with Gasteiger partial charge < -0.3 is 10.1 Å². The van der Waals surface area contributed by atoms with Crippen molar-refractivity contribution in [1.82, 2.24) is 0 Å². The summed E-state index contributed by atoms with van der Waals surface area (Å²) in [6, 6.07) is 12.8. The Balaban J connectivity index is 1.82. The van der Waals surface area contributed by atoms with E-state index in [0.717, 1.165) is 30.3 Å². The fraction of sp³-hybridized carbons (Fsp3) is 0.100. The average molecular weight is 416 g/mol. The van der Waals surface area contributed by atoms with Crippen molar-refractivity contribution in [2.24, 2.45) is 0 Å². The van der Waals surface area contributed by atoms with Gasteiger partial charge in [0.2, 0.25) is 0 Å². The molecule has 30 heavy (non-hydrogen) atoms. The molecule has 10 heteroatoms. The van der Waals surface area contributed by atoms with E-state index < -0.39 is 34.1 Å². The number of non-ortho nitro benzene ring substituents is 1. The molecule has 1 heterocycles. The second-order valence-corrected chi connectivity index (χ2v) is 6.54. The molecular formula is C20H11F3N2O5. The monoisotopic (exact) mass is 416 g/mol. The molecule has 0 aromatic heterocycles. The normalized spacial score (nSPS) is 18.0. The number of hydrogen-bond acceptors (Lipinski definition) is 5. The van der Waals surface area contributed by atoms with Gasteiger partial charge in [-0.25, -0.2) is 4.79 Å². The number of ether oxygens (including phenoxy) is 1. The van der Waals surface area contributed by atoms with Gasteiger partial charge >= 0.3 is 17.7 Å². The number of nitrogens with one attached hydrogen (secondary N) is 1. The Morgan fingerprint density at radius 2 is 1.70 bits per heavy atom. The second-order valence-electron chi connectivity index (χ2n) is 6.54. The highest BCUT2D eigenvalue weighted by Gasteiger charge is 2.69. The molecular weight excluding hydrogens is 405 g/mol. The molecule has 1 N–H and O–H groups in total. The Bertz CT molecular complexity index is 1210. The number of amides is 1. The van der Waals surface area contributed by atoms with Gasteiger partial charge in [-0.15, -0.1) is 0 Å².